The van der Waals surface area contributed by atoms with Crippen LogP contribution < -0.4 is 15.4 Å². The molecule has 0 aromatic heterocycles. The lowest BCUT2D eigenvalue weighted by Crippen LogP contribution is -2.29. The maximum Gasteiger partial charge on any atom is 0.141 e. The maximum atomic E-state index is 5.39. The Kier molecular flexibility index (Phi) is 4.48. The molecule has 18 heavy (non-hydrogen) atoms. The van der Waals surface area contributed by atoms with Gasteiger partial charge in [0, 0.05) is 12.1 Å². The van der Waals surface area contributed by atoms with Crippen molar-refractivity contribution in [2.75, 3.05) is 19.0 Å². The van der Waals surface area contributed by atoms with Gasteiger partial charge in [0.15, 0.2) is 0 Å². The molecule has 0 radical (unpaired) electrons. The van der Waals surface area contributed by atoms with Crippen LogP contribution in [0.5, 0.6) is 5.75 Å². The third kappa shape index (κ3) is 3.39. The van der Waals surface area contributed by atoms with Crippen LogP contribution in [0.25, 0.3) is 0 Å². The molecule has 1 aliphatic heterocycles. The van der Waals surface area contributed by atoms with E-state index in [1.54, 1.807) is 7.11 Å². The smallest absolute Gasteiger partial charge is 0.141 e. The Morgan fingerprint density at radius 2 is 2.33 bits per heavy atom. The van der Waals surface area contributed by atoms with Crippen molar-refractivity contribution in [2.45, 2.75) is 45.2 Å². The Bertz CT molecular complexity index is 386. The fourth-order valence-electron chi connectivity index (χ4n) is 2.64. The fraction of sp³-hybridized carbons (Fsp3) is 0.600. The van der Waals surface area contributed by atoms with Crippen LogP contribution in [-0.4, -0.2) is 25.7 Å². The molecule has 3 heteroatoms. The molecule has 2 rings (SSSR count). The van der Waals surface area contributed by atoms with Crippen LogP contribution in [0.2, 0.25) is 0 Å². The van der Waals surface area contributed by atoms with E-state index in [0.29, 0.717) is 12.1 Å². The number of anilines is 1. The number of hydrogen-bond acceptors (Lipinski definition) is 3. The van der Waals surface area contributed by atoms with Crippen molar-refractivity contribution in [3.63, 3.8) is 0 Å². The Morgan fingerprint density at radius 1 is 1.50 bits per heavy atom. The summed E-state index contributed by atoms with van der Waals surface area (Å²) in [5.74, 6) is 0.923. The van der Waals surface area contributed by atoms with Crippen LogP contribution in [0, 0.1) is 6.92 Å². The highest BCUT2D eigenvalue weighted by atomic mass is 16.5. The summed E-state index contributed by atoms with van der Waals surface area (Å²) in [7, 11) is 1.72. The molecule has 0 bridgehead atoms. The van der Waals surface area contributed by atoms with Gasteiger partial charge in [-0.2, -0.15) is 0 Å². The van der Waals surface area contributed by atoms with E-state index in [9.17, 15) is 0 Å². The lowest BCUT2D eigenvalue weighted by Gasteiger charge is -2.21. The quantitative estimate of drug-likeness (QED) is 0.840. The van der Waals surface area contributed by atoms with Crippen LogP contribution in [0.15, 0.2) is 18.2 Å². The van der Waals surface area contributed by atoms with Gasteiger partial charge in [-0.05, 0) is 57.4 Å². The predicted molar refractivity (Wildman–Crippen MR) is 76.5 cm³/mol. The van der Waals surface area contributed by atoms with E-state index in [2.05, 4.69) is 36.6 Å². The number of aryl methyl sites for hydroxylation is 1. The van der Waals surface area contributed by atoms with Gasteiger partial charge in [-0.3, -0.25) is 0 Å². The first-order valence-corrected chi connectivity index (χ1v) is 6.83. The normalized spacial score (nSPS) is 20.7. The molecule has 2 atom stereocenters. The van der Waals surface area contributed by atoms with Crippen LogP contribution in [-0.2, 0) is 0 Å². The van der Waals surface area contributed by atoms with Gasteiger partial charge in [0.05, 0.1) is 12.8 Å². The third-order valence-corrected chi connectivity index (χ3v) is 3.56. The average molecular weight is 248 g/mol. The summed E-state index contributed by atoms with van der Waals surface area (Å²) < 4.78 is 5.39. The SMILES string of the molecule is COc1ccc(C)cc1NC(C)CC1CCCN1. The summed E-state index contributed by atoms with van der Waals surface area (Å²) in [5.41, 5.74) is 2.35. The lowest BCUT2D eigenvalue weighted by atomic mass is 10.1. The van der Waals surface area contributed by atoms with Crippen molar-refractivity contribution >= 4 is 5.69 Å². The van der Waals surface area contributed by atoms with Gasteiger partial charge in [0.2, 0.25) is 0 Å². The zero-order valence-corrected chi connectivity index (χ0v) is 11.6. The Labute approximate surface area is 110 Å². The van der Waals surface area contributed by atoms with E-state index in [1.165, 1.54) is 24.9 Å². The Morgan fingerprint density at radius 3 is 3.00 bits per heavy atom. The van der Waals surface area contributed by atoms with E-state index in [0.717, 1.165) is 17.9 Å². The first-order chi connectivity index (χ1) is 8.69. The van der Waals surface area contributed by atoms with Crippen molar-refractivity contribution in [1.82, 2.24) is 5.32 Å². The van der Waals surface area contributed by atoms with E-state index in [4.69, 9.17) is 4.74 Å². The molecule has 100 valence electrons. The van der Waals surface area contributed by atoms with Crippen LogP contribution >= 0.6 is 0 Å². The van der Waals surface area contributed by atoms with Gasteiger partial charge in [-0.1, -0.05) is 6.07 Å². The number of benzene rings is 1. The first kappa shape index (κ1) is 13.2. The number of nitrogens with one attached hydrogen (secondary N) is 2. The third-order valence-electron chi connectivity index (χ3n) is 3.56. The lowest BCUT2D eigenvalue weighted by molar-refractivity contribution is 0.415. The van der Waals surface area contributed by atoms with Crippen molar-refractivity contribution < 1.29 is 4.74 Å². The van der Waals surface area contributed by atoms with Crippen LogP contribution in [0.1, 0.15) is 31.7 Å². The molecule has 0 saturated carbocycles. The highest BCUT2D eigenvalue weighted by molar-refractivity contribution is 5.58. The minimum atomic E-state index is 0.455. The van der Waals surface area contributed by atoms with Gasteiger partial charge in [-0.15, -0.1) is 0 Å². The molecule has 1 aromatic carbocycles. The molecule has 1 saturated heterocycles. The number of hydrogen-bond donors (Lipinski definition) is 2. The van der Waals surface area contributed by atoms with E-state index >= 15 is 0 Å². The molecule has 1 fully saturated rings. The standard InChI is InChI=1S/C15H24N2O/c1-11-6-7-15(18-3)14(9-11)17-12(2)10-13-5-4-8-16-13/h6-7,9,12-13,16-17H,4-5,8,10H2,1-3H3. The van der Waals surface area contributed by atoms with E-state index < -0.39 is 0 Å². The zero-order chi connectivity index (χ0) is 13.0. The summed E-state index contributed by atoms with van der Waals surface area (Å²) in [4.78, 5) is 0. The Balaban J connectivity index is 1.96. The monoisotopic (exact) mass is 248 g/mol. The minimum Gasteiger partial charge on any atom is -0.495 e. The van der Waals surface area contributed by atoms with E-state index in [-0.39, 0.29) is 0 Å². The molecule has 0 aliphatic carbocycles. The summed E-state index contributed by atoms with van der Waals surface area (Å²) in [6.07, 6.45) is 3.78. The maximum absolute atomic E-state index is 5.39. The van der Waals surface area contributed by atoms with E-state index in [1.807, 2.05) is 6.07 Å². The molecule has 3 nitrogen and oxygen atoms in total. The zero-order valence-electron chi connectivity index (χ0n) is 11.6. The molecule has 2 N–H and O–H groups in total. The first-order valence-electron chi connectivity index (χ1n) is 6.83. The molecule has 1 heterocycles. The molecule has 1 aliphatic rings. The number of ether oxygens (including phenoxy) is 1. The van der Waals surface area contributed by atoms with Crippen molar-refractivity contribution in [3.05, 3.63) is 23.8 Å². The van der Waals surface area contributed by atoms with Gasteiger partial charge in [-0.25, -0.2) is 0 Å². The largest absolute Gasteiger partial charge is 0.495 e. The van der Waals surface area contributed by atoms with Crippen molar-refractivity contribution in [2.24, 2.45) is 0 Å². The number of rotatable bonds is 5. The predicted octanol–water partition coefficient (Wildman–Crippen LogP) is 2.95. The molecule has 1 aromatic rings. The molecule has 0 amide bonds. The minimum absolute atomic E-state index is 0.455. The average Bonchev–Trinajstić information content (AvgIpc) is 2.82. The van der Waals surface area contributed by atoms with Crippen LogP contribution in [0.3, 0.4) is 0 Å². The second-order valence-corrected chi connectivity index (χ2v) is 5.28. The number of methoxy groups -OCH3 is 1. The Hall–Kier alpha value is -1.22. The summed E-state index contributed by atoms with van der Waals surface area (Å²) in [5, 5.41) is 7.11. The highest BCUT2D eigenvalue weighted by Crippen LogP contribution is 2.26. The molecule has 2 unspecified atom stereocenters. The molecular weight excluding hydrogens is 224 g/mol. The van der Waals surface area contributed by atoms with Crippen LogP contribution in [0.4, 0.5) is 5.69 Å². The summed E-state index contributed by atoms with van der Waals surface area (Å²) in [6, 6.07) is 7.38. The van der Waals surface area contributed by atoms with Gasteiger partial charge in [0.1, 0.15) is 5.75 Å². The summed E-state index contributed by atoms with van der Waals surface area (Å²) in [6.45, 7) is 5.51. The molecule has 0 spiro atoms. The van der Waals surface area contributed by atoms with Crippen molar-refractivity contribution in [3.8, 4) is 5.75 Å². The van der Waals surface area contributed by atoms with Crippen molar-refractivity contribution in [1.29, 1.82) is 0 Å². The van der Waals surface area contributed by atoms with Gasteiger partial charge >= 0.3 is 0 Å². The highest BCUT2D eigenvalue weighted by Gasteiger charge is 2.17. The molecular formula is C15H24N2O. The fourth-order valence-corrected chi connectivity index (χ4v) is 2.64. The van der Waals surface area contributed by atoms with Gasteiger partial charge < -0.3 is 15.4 Å². The topological polar surface area (TPSA) is 33.3 Å². The van der Waals surface area contributed by atoms with Gasteiger partial charge in [0.25, 0.3) is 0 Å². The second kappa shape index (κ2) is 6.10. The second-order valence-electron chi connectivity index (χ2n) is 5.28. The summed E-state index contributed by atoms with van der Waals surface area (Å²) >= 11 is 0.